The first-order chi connectivity index (χ1) is 12.4. The average Bonchev–Trinajstić information content (AvgIpc) is 2.63. The van der Waals surface area contributed by atoms with Gasteiger partial charge in [-0.3, -0.25) is 4.90 Å². The van der Waals surface area contributed by atoms with E-state index in [-0.39, 0.29) is 5.82 Å². The van der Waals surface area contributed by atoms with E-state index in [9.17, 15) is 17.6 Å². The second-order valence-corrected chi connectivity index (χ2v) is 6.18. The van der Waals surface area contributed by atoms with Crippen LogP contribution in [0.2, 0.25) is 0 Å². The molecular formula is C19H20F4N2O. The predicted molar refractivity (Wildman–Crippen MR) is 92.0 cm³/mol. The Morgan fingerprint density at radius 1 is 0.923 bits per heavy atom. The van der Waals surface area contributed by atoms with Gasteiger partial charge in [-0.15, -0.1) is 0 Å². The maximum absolute atomic E-state index is 12.8. The van der Waals surface area contributed by atoms with Crippen LogP contribution in [0.25, 0.3) is 0 Å². The highest BCUT2D eigenvalue weighted by molar-refractivity contribution is 5.49. The van der Waals surface area contributed by atoms with Crippen molar-refractivity contribution in [3.05, 3.63) is 59.9 Å². The molecule has 0 N–H and O–H groups in total. The molecule has 0 atom stereocenters. The number of nitrogens with zero attached hydrogens (tertiary/aromatic N) is 2. The Balaban J connectivity index is 1.46. The van der Waals surface area contributed by atoms with Crippen molar-refractivity contribution in [2.45, 2.75) is 6.18 Å². The zero-order valence-electron chi connectivity index (χ0n) is 14.2. The molecule has 1 saturated heterocycles. The topological polar surface area (TPSA) is 15.7 Å². The summed E-state index contributed by atoms with van der Waals surface area (Å²) in [6, 6.07) is 11.3. The van der Waals surface area contributed by atoms with Crippen molar-refractivity contribution < 1.29 is 22.3 Å². The summed E-state index contributed by atoms with van der Waals surface area (Å²) >= 11 is 0. The molecule has 7 heteroatoms. The molecule has 3 rings (SSSR count). The fourth-order valence-corrected chi connectivity index (χ4v) is 2.93. The number of halogens is 4. The van der Waals surface area contributed by atoms with Crippen LogP contribution in [0, 0.1) is 5.82 Å². The van der Waals surface area contributed by atoms with Crippen molar-refractivity contribution in [2.24, 2.45) is 0 Å². The molecule has 0 amide bonds. The largest absolute Gasteiger partial charge is 0.492 e. The standard InChI is InChI=1S/C19H20F4N2O/c20-16-4-6-18(7-5-16)26-13-12-24-8-10-25(11-9-24)17-3-1-2-15(14-17)19(21,22)23/h1-7,14H,8-13H2. The number of hydrogen-bond donors (Lipinski definition) is 0. The summed E-state index contributed by atoms with van der Waals surface area (Å²) < 4.78 is 56.9. The van der Waals surface area contributed by atoms with Crippen LogP contribution in [0.3, 0.4) is 0 Å². The summed E-state index contributed by atoms with van der Waals surface area (Å²) in [5.74, 6) is 0.317. The molecule has 26 heavy (non-hydrogen) atoms. The fraction of sp³-hybridized carbons (Fsp3) is 0.368. The number of piperazine rings is 1. The first kappa shape index (κ1) is 18.5. The quantitative estimate of drug-likeness (QED) is 0.741. The lowest BCUT2D eigenvalue weighted by Crippen LogP contribution is -2.47. The zero-order chi connectivity index (χ0) is 18.6. The summed E-state index contributed by atoms with van der Waals surface area (Å²) in [4.78, 5) is 4.17. The molecule has 0 saturated carbocycles. The Hall–Kier alpha value is -2.28. The van der Waals surface area contributed by atoms with E-state index in [0.717, 1.165) is 19.2 Å². The molecule has 3 nitrogen and oxygen atoms in total. The van der Waals surface area contributed by atoms with Crippen LogP contribution in [0.1, 0.15) is 5.56 Å². The monoisotopic (exact) mass is 368 g/mol. The van der Waals surface area contributed by atoms with Gasteiger partial charge in [0.25, 0.3) is 0 Å². The smallest absolute Gasteiger partial charge is 0.416 e. The van der Waals surface area contributed by atoms with Crippen LogP contribution in [0.4, 0.5) is 23.2 Å². The van der Waals surface area contributed by atoms with E-state index in [0.29, 0.717) is 37.7 Å². The molecule has 2 aromatic rings. The van der Waals surface area contributed by atoms with E-state index in [1.807, 2.05) is 4.90 Å². The number of anilines is 1. The highest BCUT2D eigenvalue weighted by atomic mass is 19.4. The Bertz CT molecular complexity index is 710. The van der Waals surface area contributed by atoms with Gasteiger partial charge in [-0.05, 0) is 42.5 Å². The molecule has 0 radical (unpaired) electrons. The third-order valence-electron chi connectivity index (χ3n) is 4.40. The van der Waals surface area contributed by atoms with Crippen molar-refractivity contribution in [3.63, 3.8) is 0 Å². The van der Waals surface area contributed by atoms with E-state index in [1.54, 1.807) is 18.2 Å². The summed E-state index contributed by atoms with van der Waals surface area (Å²) in [6.07, 6.45) is -4.32. The normalized spacial score (nSPS) is 15.9. The SMILES string of the molecule is Fc1ccc(OCCN2CCN(c3cccc(C(F)(F)F)c3)CC2)cc1. The van der Waals surface area contributed by atoms with Crippen LogP contribution in [-0.4, -0.2) is 44.2 Å². The van der Waals surface area contributed by atoms with Gasteiger partial charge >= 0.3 is 6.18 Å². The first-order valence-electron chi connectivity index (χ1n) is 8.45. The summed E-state index contributed by atoms with van der Waals surface area (Å²) in [5, 5.41) is 0. The van der Waals surface area contributed by atoms with Crippen molar-refractivity contribution in [2.75, 3.05) is 44.2 Å². The lowest BCUT2D eigenvalue weighted by molar-refractivity contribution is -0.137. The maximum atomic E-state index is 12.8. The molecule has 1 fully saturated rings. The lowest BCUT2D eigenvalue weighted by Gasteiger charge is -2.36. The molecule has 1 heterocycles. The molecule has 0 aliphatic carbocycles. The molecule has 1 aliphatic heterocycles. The molecule has 140 valence electrons. The fourth-order valence-electron chi connectivity index (χ4n) is 2.93. The number of benzene rings is 2. The number of ether oxygens (including phenoxy) is 1. The van der Waals surface area contributed by atoms with Crippen LogP contribution < -0.4 is 9.64 Å². The van der Waals surface area contributed by atoms with Gasteiger partial charge in [0.15, 0.2) is 0 Å². The second kappa shape index (κ2) is 7.95. The van der Waals surface area contributed by atoms with Gasteiger partial charge in [-0.25, -0.2) is 4.39 Å². The van der Waals surface area contributed by atoms with Crippen molar-refractivity contribution in [1.82, 2.24) is 4.90 Å². The van der Waals surface area contributed by atoms with Gasteiger partial charge < -0.3 is 9.64 Å². The van der Waals surface area contributed by atoms with Crippen LogP contribution in [0.5, 0.6) is 5.75 Å². The Morgan fingerprint density at radius 2 is 1.62 bits per heavy atom. The van der Waals surface area contributed by atoms with Crippen LogP contribution in [0.15, 0.2) is 48.5 Å². The minimum atomic E-state index is -4.32. The highest BCUT2D eigenvalue weighted by Gasteiger charge is 2.31. The zero-order valence-corrected chi connectivity index (χ0v) is 14.2. The van der Waals surface area contributed by atoms with E-state index < -0.39 is 11.7 Å². The minimum Gasteiger partial charge on any atom is -0.492 e. The van der Waals surface area contributed by atoms with Gasteiger partial charge in [0, 0.05) is 38.4 Å². The highest BCUT2D eigenvalue weighted by Crippen LogP contribution is 2.31. The first-order valence-corrected chi connectivity index (χ1v) is 8.45. The van der Waals surface area contributed by atoms with Gasteiger partial charge in [0.05, 0.1) is 5.56 Å². The number of hydrogen-bond acceptors (Lipinski definition) is 3. The third kappa shape index (κ3) is 4.88. The molecule has 2 aromatic carbocycles. The summed E-state index contributed by atoms with van der Waals surface area (Å²) in [6.45, 7) is 4.03. The summed E-state index contributed by atoms with van der Waals surface area (Å²) in [5.41, 5.74) is -0.0211. The van der Waals surface area contributed by atoms with Gasteiger partial charge in [0.1, 0.15) is 18.2 Å². The van der Waals surface area contributed by atoms with Crippen molar-refractivity contribution >= 4 is 5.69 Å². The van der Waals surface area contributed by atoms with Gasteiger partial charge in [-0.1, -0.05) is 6.07 Å². The lowest BCUT2D eigenvalue weighted by atomic mass is 10.1. The molecule has 0 unspecified atom stereocenters. The molecule has 0 spiro atoms. The van der Waals surface area contributed by atoms with Gasteiger partial charge in [0.2, 0.25) is 0 Å². The van der Waals surface area contributed by atoms with Crippen LogP contribution in [-0.2, 0) is 6.18 Å². The van der Waals surface area contributed by atoms with Crippen LogP contribution >= 0.6 is 0 Å². The predicted octanol–water partition coefficient (Wildman–Crippen LogP) is 4.05. The van der Waals surface area contributed by atoms with E-state index in [2.05, 4.69) is 4.90 Å². The maximum Gasteiger partial charge on any atom is 0.416 e. The number of alkyl halides is 3. The molecule has 0 aromatic heterocycles. The molecule has 1 aliphatic rings. The van der Waals surface area contributed by atoms with E-state index in [4.69, 9.17) is 4.74 Å². The Kier molecular flexibility index (Phi) is 5.66. The minimum absolute atomic E-state index is 0.303. The summed E-state index contributed by atoms with van der Waals surface area (Å²) in [7, 11) is 0. The second-order valence-electron chi connectivity index (χ2n) is 6.18. The Morgan fingerprint density at radius 3 is 2.27 bits per heavy atom. The molecule has 0 bridgehead atoms. The van der Waals surface area contributed by atoms with Gasteiger partial charge in [-0.2, -0.15) is 13.2 Å². The van der Waals surface area contributed by atoms with Crippen molar-refractivity contribution in [3.8, 4) is 5.75 Å². The van der Waals surface area contributed by atoms with Crippen molar-refractivity contribution in [1.29, 1.82) is 0 Å². The van der Waals surface area contributed by atoms with E-state index >= 15 is 0 Å². The number of rotatable bonds is 5. The Labute approximate surface area is 149 Å². The third-order valence-corrected chi connectivity index (χ3v) is 4.40. The van der Waals surface area contributed by atoms with E-state index in [1.165, 1.54) is 24.3 Å². The molecular weight excluding hydrogens is 348 g/mol. The average molecular weight is 368 g/mol.